The summed E-state index contributed by atoms with van der Waals surface area (Å²) in [6.07, 6.45) is 0.891. The normalized spacial score (nSPS) is 25.7. The summed E-state index contributed by atoms with van der Waals surface area (Å²) < 4.78 is 10.9. The smallest absolute Gasteiger partial charge is 0.0717 e. The van der Waals surface area contributed by atoms with Crippen LogP contribution in [-0.4, -0.2) is 25.4 Å². The van der Waals surface area contributed by atoms with Gasteiger partial charge in [-0.2, -0.15) is 0 Å². The molecule has 1 aromatic carbocycles. The molecule has 0 radical (unpaired) electrons. The maximum absolute atomic E-state index is 6.07. The lowest BCUT2D eigenvalue weighted by Crippen LogP contribution is -2.44. The van der Waals surface area contributed by atoms with Crippen LogP contribution in [0.15, 0.2) is 30.3 Å². The van der Waals surface area contributed by atoms with Crippen molar-refractivity contribution in [2.75, 3.05) is 19.8 Å². The molecule has 3 nitrogen and oxygen atoms in total. The molecule has 0 spiro atoms. The van der Waals surface area contributed by atoms with E-state index in [1.807, 2.05) is 30.3 Å². The van der Waals surface area contributed by atoms with E-state index in [1.165, 1.54) is 5.56 Å². The first-order valence-corrected chi connectivity index (χ1v) is 5.27. The van der Waals surface area contributed by atoms with Gasteiger partial charge in [0.25, 0.3) is 0 Å². The molecule has 1 aromatic rings. The lowest BCUT2D eigenvalue weighted by atomic mass is 10.0. The van der Waals surface area contributed by atoms with Gasteiger partial charge in [-0.05, 0) is 12.0 Å². The van der Waals surface area contributed by atoms with Crippen LogP contribution in [0.4, 0.5) is 0 Å². The van der Waals surface area contributed by atoms with Gasteiger partial charge in [-0.1, -0.05) is 30.3 Å². The first-order chi connectivity index (χ1) is 7.29. The summed E-state index contributed by atoms with van der Waals surface area (Å²) in [6.45, 7) is 2.56. The summed E-state index contributed by atoms with van der Waals surface area (Å²) in [5.41, 5.74) is 6.98. The van der Waals surface area contributed by atoms with Crippen molar-refractivity contribution in [2.24, 2.45) is 5.73 Å². The van der Waals surface area contributed by atoms with Crippen LogP contribution in [0.1, 0.15) is 12.0 Å². The van der Waals surface area contributed by atoms with Gasteiger partial charge in [-0.15, -0.1) is 0 Å². The number of ether oxygens (including phenoxy) is 2. The van der Waals surface area contributed by atoms with Crippen molar-refractivity contribution in [3.05, 3.63) is 35.9 Å². The summed E-state index contributed by atoms with van der Waals surface area (Å²) in [4.78, 5) is 0. The summed E-state index contributed by atoms with van der Waals surface area (Å²) in [5, 5.41) is 0. The second-order valence-electron chi connectivity index (χ2n) is 4.14. The minimum atomic E-state index is -0.269. The maximum Gasteiger partial charge on any atom is 0.0717 e. The fraction of sp³-hybridized carbons (Fsp3) is 0.500. The van der Waals surface area contributed by atoms with E-state index in [0.717, 1.165) is 13.0 Å². The topological polar surface area (TPSA) is 44.5 Å². The van der Waals surface area contributed by atoms with Crippen LogP contribution in [0.3, 0.4) is 0 Å². The van der Waals surface area contributed by atoms with Crippen molar-refractivity contribution in [2.45, 2.75) is 18.6 Å². The van der Waals surface area contributed by atoms with E-state index in [2.05, 4.69) is 0 Å². The maximum atomic E-state index is 6.07. The van der Waals surface area contributed by atoms with Gasteiger partial charge < -0.3 is 15.2 Å². The van der Waals surface area contributed by atoms with Crippen molar-refractivity contribution in [3.63, 3.8) is 0 Å². The minimum Gasteiger partial charge on any atom is -0.379 e. The molecule has 1 heterocycles. The van der Waals surface area contributed by atoms with Gasteiger partial charge in [-0.25, -0.2) is 0 Å². The highest BCUT2D eigenvalue weighted by Gasteiger charge is 2.30. The van der Waals surface area contributed by atoms with Crippen LogP contribution in [0.25, 0.3) is 0 Å². The van der Waals surface area contributed by atoms with E-state index in [0.29, 0.717) is 19.8 Å². The van der Waals surface area contributed by atoms with E-state index in [1.54, 1.807) is 0 Å². The number of rotatable bonds is 4. The second kappa shape index (κ2) is 4.75. The minimum absolute atomic E-state index is 0.269. The molecular formula is C12H17NO2. The number of benzene rings is 1. The SMILES string of the molecule is NC1(COCc2ccccc2)CCOC1. The predicted octanol–water partition coefficient (Wildman–Crippen LogP) is 1.32. The van der Waals surface area contributed by atoms with Crippen LogP contribution in [-0.2, 0) is 16.1 Å². The number of nitrogens with two attached hydrogens (primary N) is 1. The Kier molecular flexibility index (Phi) is 3.36. The van der Waals surface area contributed by atoms with Gasteiger partial charge in [-0.3, -0.25) is 0 Å². The Balaban J connectivity index is 1.75. The molecular weight excluding hydrogens is 190 g/mol. The molecule has 0 saturated carbocycles. The third-order valence-electron chi connectivity index (χ3n) is 2.63. The zero-order valence-electron chi connectivity index (χ0n) is 8.82. The molecule has 1 saturated heterocycles. The second-order valence-corrected chi connectivity index (χ2v) is 4.14. The molecule has 0 bridgehead atoms. The molecule has 82 valence electrons. The van der Waals surface area contributed by atoms with Crippen molar-refractivity contribution in [3.8, 4) is 0 Å². The van der Waals surface area contributed by atoms with Gasteiger partial charge in [0.05, 0.1) is 25.4 Å². The highest BCUT2D eigenvalue weighted by molar-refractivity contribution is 5.13. The quantitative estimate of drug-likeness (QED) is 0.810. The van der Waals surface area contributed by atoms with Gasteiger partial charge in [0, 0.05) is 6.61 Å². The van der Waals surface area contributed by atoms with Crippen LogP contribution < -0.4 is 5.73 Å². The molecule has 1 aliphatic heterocycles. The Hall–Kier alpha value is -0.900. The Bertz CT molecular complexity index is 294. The van der Waals surface area contributed by atoms with Crippen molar-refractivity contribution < 1.29 is 9.47 Å². The molecule has 0 aromatic heterocycles. The fourth-order valence-corrected chi connectivity index (χ4v) is 1.68. The van der Waals surface area contributed by atoms with E-state index in [9.17, 15) is 0 Å². The Labute approximate surface area is 90.2 Å². The van der Waals surface area contributed by atoms with Crippen molar-refractivity contribution in [1.82, 2.24) is 0 Å². The Morgan fingerprint density at radius 3 is 2.80 bits per heavy atom. The molecule has 0 aliphatic carbocycles. The molecule has 2 rings (SSSR count). The molecule has 0 amide bonds. The monoisotopic (exact) mass is 207 g/mol. The third kappa shape index (κ3) is 3.02. The first kappa shape index (κ1) is 10.6. The summed E-state index contributed by atoms with van der Waals surface area (Å²) in [5.74, 6) is 0. The molecule has 1 aliphatic rings. The van der Waals surface area contributed by atoms with E-state index < -0.39 is 0 Å². The Morgan fingerprint density at radius 1 is 1.33 bits per heavy atom. The first-order valence-electron chi connectivity index (χ1n) is 5.27. The lowest BCUT2D eigenvalue weighted by Gasteiger charge is -2.21. The van der Waals surface area contributed by atoms with Gasteiger partial charge >= 0.3 is 0 Å². The van der Waals surface area contributed by atoms with Crippen molar-refractivity contribution >= 4 is 0 Å². The average Bonchev–Trinajstić information content (AvgIpc) is 2.67. The average molecular weight is 207 g/mol. The van der Waals surface area contributed by atoms with Crippen LogP contribution in [0.2, 0.25) is 0 Å². The van der Waals surface area contributed by atoms with Crippen molar-refractivity contribution in [1.29, 1.82) is 0 Å². The zero-order chi connectivity index (χ0) is 10.6. The summed E-state index contributed by atoms with van der Waals surface area (Å²) >= 11 is 0. The van der Waals surface area contributed by atoms with Gasteiger partial charge in [0.2, 0.25) is 0 Å². The highest BCUT2D eigenvalue weighted by Crippen LogP contribution is 2.16. The fourth-order valence-electron chi connectivity index (χ4n) is 1.68. The van der Waals surface area contributed by atoms with Crippen LogP contribution >= 0.6 is 0 Å². The summed E-state index contributed by atoms with van der Waals surface area (Å²) in [7, 11) is 0. The molecule has 2 N–H and O–H groups in total. The molecule has 1 fully saturated rings. The number of hydrogen-bond donors (Lipinski definition) is 1. The van der Waals surface area contributed by atoms with Crippen LogP contribution in [0, 0.1) is 0 Å². The molecule has 1 atom stereocenters. The third-order valence-corrected chi connectivity index (χ3v) is 2.63. The highest BCUT2D eigenvalue weighted by atomic mass is 16.5. The number of hydrogen-bond acceptors (Lipinski definition) is 3. The summed E-state index contributed by atoms with van der Waals surface area (Å²) in [6, 6.07) is 10.1. The predicted molar refractivity (Wildman–Crippen MR) is 58.5 cm³/mol. The Morgan fingerprint density at radius 2 is 2.13 bits per heavy atom. The van der Waals surface area contributed by atoms with E-state index in [-0.39, 0.29) is 5.54 Å². The lowest BCUT2D eigenvalue weighted by molar-refractivity contribution is 0.0648. The van der Waals surface area contributed by atoms with Crippen LogP contribution in [0.5, 0.6) is 0 Å². The standard InChI is InChI=1S/C12H17NO2/c13-12(6-7-14-9-12)10-15-8-11-4-2-1-3-5-11/h1-5H,6-10,13H2. The van der Waals surface area contributed by atoms with Gasteiger partial charge in [0.15, 0.2) is 0 Å². The largest absolute Gasteiger partial charge is 0.379 e. The molecule has 15 heavy (non-hydrogen) atoms. The molecule has 1 unspecified atom stereocenters. The molecule has 3 heteroatoms. The zero-order valence-corrected chi connectivity index (χ0v) is 8.82. The van der Waals surface area contributed by atoms with E-state index in [4.69, 9.17) is 15.2 Å². The van der Waals surface area contributed by atoms with E-state index >= 15 is 0 Å². The van der Waals surface area contributed by atoms with Gasteiger partial charge in [0.1, 0.15) is 0 Å².